The average molecular weight is 463 g/mol. The molecule has 0 aromatic heterocycles. The molecule has 0 spiro atoms. The van der Waals surface area contributed by atoms with E-state index in [4.69, 9.17) is 4.74 Å². The van der Waals surface area contributed by atoms with E-state index in [1.54, 1.807) is 0 Å². The lowest BCUT2D eigenvalue weighted by molar-refractivity contribution is -0.143. The Morgan fingerprint density at radius 2 is 1.62 bits per heavy atom. The fraction of sp³-hybridized carbons (Fsp3) is 0.444. The molecule has 0 bridgehead atoms. The molecule has 0 aliphatic heterocycles. The second kappa shape index (κ2) is 9.12. The van der Waals surface area contributed by atoms with E-state index < -0.39 is 17.5 Å². The van der Waals surface area contributed by atoms with Gasteiger partial charge in [0.05, 0.1) is 5.41 Å². The van der Waals surface area contributed by atoms with E-state index in [0.717, 1.165) is 19.3 Å². The van der Waals surface area contributed by atoms with Crippen LogP contribution in [0.25, 0.3) is 11.1 Å². The Hall–Kier alpha value is -3.35. The van der Waals surface area contributed by atoms with Gasteiger partial charge in [0.1, 0.15) is 6.61 Å². The number of rotatable bonds is 8. The molecule has 0 saturated heterocycles. The van der Waals surface area contributed by atoms with Crippen molar-refractivity contribution in [3.05, 3.63) is 59.7 Å². The van der Waals surface area contributed by atoms with Crippen LogP contribution in [0.3, 0.4) is 0 Å². The number of carbonyl (C=O) groups is 3. The lowest BCUT2D eigenvalue weighted by atomic mass is 9.98. The first kappa shape index (κ1) is 22.4. The third-order valence-corrected chi connectivity index (χ3v) is 7.68. The SMILES string of the molecule is O=C(C[C@@H]1CCC[C@H]1NC(=O)OCC1c2ccccc2-c2ccccc21)NCC1(C(=O)O)CC1. The van der Waals surface area contributed by atoms with Crippen LogP contribution in [0.4, 0.5) is 4.79 Å². The second-order valence-electron chi connectivity index (χ2n) is 9.83. The number of benzene rings is 2. The summed E-state index contributed by atoms with van der Waals surface area (Å²) >= 11 is 0. The third kappa shape index (κ3) is 4.39. The lowest BCUT2D eigenvalue weighted by Gasteiger charge is -2.22. The van der Waals surface area contributed by atoms with Gasteiger partial charge < -0.3 is 20.5 Å². The Balaban J connectivity index is 1.14. The molecular weight excluding hydrogens is 432 g/mol. The number of ether oxygens (including phenoxy) is 1. The first-order valence-electron chi connectivity index (χ1n) is 12.1. The molecule has 2 amide bonds. The number of fused-ring (bicyclic) bond motifs is 3. The molecule has 3 aliphatic rings. The van der Waals surface area contributed by atoms with Crippen LogP contribution in [0.5, 0.6) is 0 Å². The van der Waals surface area contributed by atoms with Gasteiger partial charge in [-0.2, -0.15) is 0 Å². The molecule has 2 fully saturated rings. The highest BCUT2D eigenvalue weighted by atomic mass is 16.5. The van der Waals surface area contributed by atoms with E-state index >= 15 is 0 Å². The number of amides is 2. The van der Waals surface area contributed by atoms with Gasteiger partial charge in [-0.25, -0.2) is 4.79 Å². The minimum Gasteiger partial charge on any atom is -0.481 e. The number of carboxylic acid groups (broad SMARTS) is 1. The van der Waals surface area contributed by atoms with Crippen molar-refractivity contribution in [2.75, 3.05) is 13.2 Å². The summed E-state index contributed by atoms with van der Waals surface area (Å²) in [6.07, 6.45) is 3.64. The van der Waals surface area contributed by atoms with Crippen LogP contribution < -0.4 is 10.6 Å². The number of hydrogen-bond acceptors (Lipinski definition) is 4. The maximum Gasteiger partial charge on any atom is 0.407 e. The zero-order chi connectivity index (χ0) is 23.7. The number of alkyl carbamates (subject to hydrolysis) is 1. The Morgan fingerprint density at radius 3 is 2.24 bits per heavy atom. The fourth-order valence-electron chi connectivity index (χ4n) is 5.46. The predicted molar refractivity (Wildman–Crippen MR) is 126 cm³/mol. The first-order chi connectivity index (χ1) is 16.5. The van der Waals surface area contributed by atoms with Gasteiger partial charge in [-0.3, -0.25) is 9.59 Å². The van der Waals surface area contributed by atoms with Gasteiger partial charge in [0.15, 0.2) is 0 Å². The summed E-state index contributed by atoms with van der Waals surface area (Å²) in [5, 5.41) is 15.0. The van der Waals surface area contributed by atoms with Gasteiger partial charge in [-0.15, -0.1) is 0 Å². The minimum atomic E-state index is -0.844. The molecule has 34 heavy (non-hydrogen) atoms. The molecule has 7 heteroatoms. The summed E-state index contributed by atoms with van der Waals surface area (Å²) in [4.78, 5) is 36.4. The molecule has 5 rings (SSSR count). The smallest absolute Gasteiger partial charge is 0.407 e. The van der Waals surface area contributed by atoms with Crippen LogP contribution in [-0.2, 0) is 14.3 Å². The normalized spacial score (nSPS) is 21.9. The Kier molecular flexibility index (Phi) is 6.02. The van der Waals surface area contributed by atoms with Gasteiger partial charge in [0.2, 0.25) is 5.91 Å². The molecule has 3 N–H and O–H groups in total. The highest BCUT2D eigenvalue weighted by Gasteiger charge is 2.50. The van der Waals surface area contributed by atoms with Crippen molar-refractivity contribution in [3.63, 3.8) is 0 Å². The zero-order valence-electron chi connectivity index (χ0n) is 19.1. The molecular formula is C27H30N2O5. The molecule has 2 aromatic rings. The van der Waals surface area contributed by atoms with Crippen molar-refractivity contribution in [3.8, 4) is 11.1 Å². The minimum absolute atomic E-state index is 0.00674. The number of hydrogen-bond donors (Lipinski definition) is 3. The summed E-state index contributed by atoms with van der Waals surface area (Å²) in [7, 11) is 0. The van der Waals surface area contributed by atoms with Crippen LogP contribution >= 0.6 is 0 Å². The summed E-state index contributed by atoms with van der Waals surface area (Å²) in [6.45, 7) is 0.438. The predicted octanol–water partition coefficient (Wildman–Crippen LogP) is 4.06. The highest BCUT2D eigenvalue weighted by molar-refractivity contribution is 5.81. The number of carboxylic acids is 1. The van der Waals surface area contributed by atoms with Gasteiger partial charge in [-0.05, 0) is 53.9 Å². The van der Waals surface area contributed by atoms with Gasteiger partial charge in [-0.1, -0.05) is 55.0 Å². The second-order valence-corrected chi connectivity index (χ2v) is 9.83. The topological polar surface area (TPSA) is 105 Å². The van der Waals surface area contributed by atoms with E-state index in [1.807, 2.05) is 24.3 Å². The zero-order valence-corrected chi connectivity index (χ0v) is 19.1. The molecule has 0 heterocycles. The molecule has 2 aromatic carbocycles. The first-order valence-corrected chi connectivity index (χ1v) is 12.1. The molecule has 7 nitrogen and oxygen atoms in total. The Bertz CT molecular complexity index is 1060. The molecule has 178 valence electrons. The monoisotopic (exact) mass is 462 g/mol. The van der Waals surface area contributed by atoms with Crippen LogP contribution in [-0.4, -0.2) is 42.3 Å². The van der Waals surface area contributed by atoms with Crippen molar-refractivity contribution in [2.45, 2.75) is 50.5 Å². The Labute approximate surface area is 198 Å². The van der Waals surface area contributed by atoms with Crippen molar-refractivity contribution >= 4 is 18.0 Å². The van der Waals surface area contributed by atoms with E-state index in [0.29, 0.717) is 12.8 Å². The van der Waals surface area contributed by atoms with Crippen molar-refractivity contribution in [2.24, 2.45) is 11.3 Å². The van der Waals surface area contributed by atoms with Crippen molar-refractivity contribution < 1.29 is 24.2 Å². The quantitative estimate of drug-likeness (QED) is 0.549. The standard InChI is InChI=1S/C27H30N2O5/c30-24(28-16-27(12-13-27)25(31)32)14-17-6-5-11-23(17)29-26(33)34-15-22-20-9-3-1-7-18(20)19-8-2-4-10-21(19)22/h1-4,7-10,17,22-23H,5-6,11-16H2,(H,28,30)(H,29,33)(H,31,32)/t17-,23+/m0/s1. The van der Waals surface area contributed by atoms with Crippen LogP contribution in [0.15, 0.2) is 48.5 Å². The summed E-state index contributed by atoms with van der Waals surface area (Å²) in [6, 6.07) is 16.3. The maximum absolute atomic E-state index is 12.7. The van der Waals surface area contributed by atoms with Crippen LogP contribution in [0.1, 0.15) is 55.6 Å². The molecule has 3 aliphatic carbocycles. The average Bonchev–Trinajstić information content (AvgIpc) is 3.43. The fourth-order valence-corrected chi connectivity index (χ4v) is 5.46. The number of carbonyl (C=O) groups excluding carboxylic acids is 2. The summed E-state index contributed by atoms with van der Waals surface area (Å²) in [5.41, 5.74) is 3.93. The maximum atomic E-state index is 12.7. The number of aliphatic carboxylic acids is 1. The molecule has 0 unspecified atom stereocenters. The highest BCUT2D eigenvalue weighted by Crippen LogP contribution is 2.45. The van der Waals surface area contributed by atoms with Gasteiger partial charge in [0, 0.05) is 24.9 Å². The molecule has 2 saturated carbocycles. The van der Waals surface area contributed by atoms with E-state index in [1.165, 1.54) is 22.3 Å². The van der Waals surface area contributed by atoms with Crippen LogP contribution in [0.2, 0.25) is 0 Å². The van der Waals surface area contributed by atoms with E-state index in [-0.39, 0.29) is 43.4 Å². The summed E-state index contributed by atoms with van der Waals surface area (Å²) in [5.74, 6) is -0.963. The largest absolute Gasteiger partial charge is 0.481 e. The lowest BCUT2D eigenvalue weighted by Crippen LogP contribution is -2.41. The Morgan fingerprint density at radius 1 is 0.971 bits per heavy atom. The van der Waals surface area contributed by atoms with E-state index in [2.05, 4.69) is 34.9 Å². The van der Waals surface area contributed by atoms with Gasteiger partial charge >= 0.3 is 12.1 Å². The summed E-state index contributed by atoms with van der Waals surface area (Å²) < 4.78 is 5.67. The molecule has 2 atom stereocenters. The van der Waals surface area contributed by atoms with E-state index in [9.17, 15) is 19.5 Å². The molecule has 0 radical (unpaired) electrons. The third-order valence-electron chi connectivity index (χ3n) is 7.68. The number of nitrogens with one attached hydrogen (secondary N) is 2. The van der Waals surface area contributed by atoms with Crippen molar-refractivity contribution in [1.29, 1.82) is 0 Å². The van der Waals surface area contributed by atoms with Crippen LogP contribution in [0, 0.1) is 11.3 Å². The van der Waals surface area contributed by atoms with Gasteiger partial charge in [0.25, 0.3) is 0 Å². The van der Waals surface area contributed by atoms with Crippen molar-refractivity contribution in [1.82, 2.24) is 10.6 Å².